The SMILES string of the molecule is Cc1cc(-c2ccc([C@H](C)N)nc2)ccc1F.Cl. The van der Waals surface area contributed by atoms with Gasteiger partial charge in [-0.2, -0.15) is 0 Å². The molecule has 1 aromatic carbocycles. The molecule has 0 fully saturated rings. The van der Waals surface area contributed by atoms with Gasteiger partial charge < -0.3 is 5.73 Å². The molecule has 2 rings (SSSR count). The normalized spacial score (nSPS) is 11.8. The van der Waals surface area contributed by atoms with E-state index in [1.165, 1.54) is 6.07 Å². The van der Waals surface area contributed by atoms with Crippen molar-refractivity contribution in [2.75, 3.05) is 0 Å². The van der Waals surface area contributed by atoms with Gasteiger partial charge in [0.15, 0.2) is 0 Å². The predicted molar refractivity (Wildman–Crippen MR) is 74.2 cm³/mol. The van der Waals surface area contributed by atoms with Crippen LogP contribution in [0.25, 0.3) is 11.1 Å². The molecule has 1 heterocycles. The van der Waals surface area contributed by atoms with Crippen molar-refractivity contribution in [3.05, 3.63) is 53.6 Å². The van der Waals surface area contributed by atoms with Crippen molar-refractivity contribution in [3.8, 4) is 11.1 Å². The maximum atomic E-state index is 13.2. The van der Waals surface area contributed by atoms with Crippen molar-refractivity contribution in [1.29, 1.82) is 0 Å². The van der Waals surface area contributed by atoms with E-state index in [0.29, 0.717) is 5.56 Å². The van der Waals surface area contributed by atoms with E-state index in [1.807, 2.05) is 25.1 Å². The first-order valence-electron chi connectivity index (χ1n) is 5.56. The molecular weight excluding hydrogens is 251 g/mol. The van der Waals surface area contributed by atoms with Gasteiger partial charge in [-0.25, -0.2) is 4.39 Å². The Bertz CT molecular complexity index is 524. The molecule has 2 N–H and O–H groups in total. The summed E-state index contributed by atoms with van der Waals surface area (Å²) >= 11 is 0. The maximum absolute atomic E-state index is 13.2. The molecule has 2 nitrogen and oxygen atoms in total. The zero-order valence-corrected chi connectivity index (χ0v) is 11.2. The van der Waals surface area contributed by atoms with Gasteiger partial charge >= 0.3 is 0 Å². The first-order chi connectivity index (χ1) is 8.08. The van der Waals surface area contributed by atoms with Gasteiger partial charge in [0.25, 0.3) is 0 Å². The molecule has 18 heavy (non-hydrogen) atoms. The van der Waals surface area contributed by atoms with Crippen LogP contribution in [-0.2, 0) is 0 Å². The summed E-state index contributed by atoms with van der Waals surface area (Å²) in [7, 11) is 0. The van der Waals surface area contributed by atoms with Crippen LogP contribution in [0.15, 0.2) is 36.5 Å². The van der Waals surface area contributed by atoms with Crippen LogP contribution < -0.4 is 5.73 Å². The molecule has 0 aliphatic carbocycles. The van der Waals surface area contributed by atoms with Crippen LogP contribution in [-0.4, -0.2) is 4.98 Å². The molecule has 1 atom stereocenters. The second-order valence-corrected chi connectivity index (χ2v) is 4.22. The molecule has 0 amide bonds. The number of pyridine rings is 1. The zero-order chi connectivity index (χ0) is 12.4. The monoisotopic (exact) mass is 266 g/mol. The van der Waals surface area contributed by atoms with Crippen molar-refractivity contribution >= 4 is 12.4 Å². The molecule has 4 heteroatoms. The fourth-order valence-electron chi connectivity index (χ4n) is 1.67. The van der Waals surface area contributed by atoms with E-state index in [-0.39, 0.29) is 24.3 Å². The van der Waals surface area contributed by atoms with Gasteiger partial charge in [-0.15, -0.1) is 12.4 Å². The molecule has 1 aromatic heterocycles. The van der Waals surface area contributed by atoms with Gasteiger partial charge in [0.05, 0.1) is 5.69 Å². The maximum Gasteiger partial charge on any atom is 0.126 e. The Labute approximate surface area is 112 Å². The Balaban J connectivity index is 0.00000162. The summed E-state index contributed by atoms with van der Waals surface area (Å²) in [6.07, 6.45) is 1.77. The quantitative estimate of drug-likeness (QED) is 0.901. The first kappa shape index (κ1) is 14.6. The van der Waals surface area contributed by atoms with Gasteiger partial charge in [0.2, 0.25) is 0 Å². The number of hydrogen-bond donors (Lipinski definition) is 1. The van der Waals surface area contributed by atoms with Crippen molar-refractivity contribution in [2.24, 2.45) is 5.73 Å². The minimum atomic E-state index is -0.186. The summed E-state index contributed by atoms with van der Waals surface area (Å²) in [5.74, 6) is -0.186. The van der Waals surface area contributed by atoms with Gasteiger partial charge in [0.1, 0.15) is 5.82 Å². The van der Waals surface area contributed by atoms with E-state index < -0.39 is 0 Å². The highest BCUT2D eigenvalue weighted by atomic mass is 35.5. The average molecular weight is 267 g/mol. The highest BCUT2D eigenvalue weighted by Crippen LogP contribution is 2.21. The standard InChI is InChI=1S/C14H15FN2.ClH/c1-9-7-11(3-5-13(9)15)12-4-6-14(10(2)16)17-8-12;/h3-8,10H,16H2,1-2H3;1H/t10-;/m0./s1. The molecule has 0 aliphatic rings. The molecule has 96 valence electrons. The lowest BCUT2D eigenvalue weighted by Gasteiger charge is -2.07. The molecule has 0 saturated carbocycles. The van der Waals surface area contributed by atoms with Gasteiger partial charge in [-0.3, -0.25) is 4.98 Å². The number of halogens is 2. The lowest BCUT2D eigenvalue weighted by molar-refractivity contribution is 0.619. The Morgan fingerprint density at radius 1 is 1.17 bits per heavy atom. The highest BCUT2D eigenvalue weighted by Gasteiger charge is 2.04. The van der Waals surface area contributed by atoms with E-state index in [1.54, 1.807) is 19.2 Å². The third-order valence-corrected chi connectivity index (χ3v) is 2.74. The van der Waals surface area contributed by atoms with Crippen molar-refractivity contribution in [3.63, 3.8) is 0 Å². The number of benzene rings is 1. The van der Waals surface area contributed by atoms with Crippen LogP contribution in [0.2, 0.25) is 0 Å². The van der Waals surface area contributed by atoms with E-state index in [2.05, 4.69) is 4.98 Å². The van der Waals surface area contributed by atoms with Crippen molar-refractivity contribution in [1.82, 2.24) is 4.98 Å². The summed E-state index contributed by atoms with van der Waals surface area (Å²) in [4.78, 5) is 4.29. The molecule has 0 unspecified atom stereocenters. The van der Waals surface area contributed by atoms with Crippen LogP contribution in [0.5, 0.6) is 0 Å². The number of rotatable bonds is 2. The Kier molecular flexibility index (Phi) is 4.82. The third-order valence-electron chi connectivity index (χ3n) is 2.74. The minimum Gasteiger partial charge on any atom is -0.323 e. The first-order valence-corrected chi connectivity index (χ1v) is 5.56. The van der Waals surface area contributed by atoms with Crippen LogP contribution in [0, 0.1) is 12.7 Å². The lowest BCUT2D eigenvalue weighted by atomic mass is 10.0. The van der Waals surface area contributed by atoms with Gasteiger partial charge in [0, 0.05) is 17.8 Å². The molecular formula is C14H16ClFN2. The summed E-state index contributed by atoms with van der Waals surface area (Å²) in [6, 6.07) is 8.84. The summed E-state index contributed by atoms with van der Waals surface area (Å²) in [6.45, 7) is 3.65. The molecule has 0 spiro atoms. The number of hydrogen-bond acceptors (Lipinski definition) is 2. The second kappa shape index (κ2) is 5.94. The largest absolute Gasteiger partial charge is 0.323 e. The Morgan fingerprint density at radius 2 is 1.83 bits per heavy atom. The Hall–Kier alpha value is -1.45. The molecule has 0 aliphatic heterocycles. The minimum absolute atomic E-state index is 0. The smallest absolute Gasteiger partial charge is 0.126 e. The average Bonchev–Trinajstić information content (AvgIpc) is 2.33. The Morgan fingerprint density at radius 3 is 2.33 bits per heavy atom. The summed E-state index contributed by atoms with van der Waals surface area (Å²) in [5, 5.41) is 0. The molecule has 2 aromatic rings. The summed E-state index contributed by atoms with van der Waals surface area (Å²) in [5.41, 5.74) is 9.16. The summed E-state index contributed by atoms with van der Waals surface area (Å²) < 4.78 is 13.2. The zero-order valence-electron chi connectivity index (χ0n) is 10.4. The fourth-order valence-corrected chi connectivity index (χ4v) is 1.67. The van der Waals surface area contributed by atoms with Crippen molar-refractivity contribution < 1.29 is 4.39 Å². The second-order valence-electron chi connectivity index (χ2n) is 4.22. The highest BCUT2D eigenvalue weighted by molar-refractivity contribution is 5.85. The number of nitrogens with zero attached hydrogens (tertiary/aromatic N) is 1. The lowest BCUT2D eigenvalue weighted by Crippen LogP contribution is -2.06. The third kappa shape index (κ3) is 3.06. The van der Waals surface area contributed by atoms with Crippen LogP contribution in [0.1, 0.15) is 24.2 Å². The molecule has 0 bridgehead atoms. The van der Waals surface area contributed by atoms with Crippen LogP contribution in [0.4, 0.5) is 4.39 Å². The van der Waals surface area contributed by atoms with Crippen LogP contribution in [0.3, 0.4) is 0 Å². The molecule has 0 radical (unpaired) electrons. The topological polar surface area (TPSA) is 38.9 Å². The molecule has 0 saturated heterocycles. The van der Waals surface area contributed by atoms with Gasteiger partial charge in [-0.1, -0.05) is 12.1 Å². The fraction of sp³-hybridized carbons (Fsp3) is 0.214. The number of nitrogens with two attached hydrogens (primary N) is 1. The van der Waals surface area contributed by atoms with E-state index in [0.717, 1.165) is 16.8 Å². The van der Waals surface area contributed by atoms with E-state index >= 15 is 0 Å². The number of aromatic nitrogens is 1. The van der Waals surface area contributed by atoms with E-state index in [9.17, 15) is 4.39 Å². The predicted octanol–water partition coefficient (Wildman–Crippen LogP) is 3.64. The van der Waals surface area contributed by atoms with Crippen molar-refractivity contribution in [2.45, 2.75) is 19.9 Å². The van der Waals surface area contributed by atoms with Crippen LogP contribution >= 0.6 is 12.4 Å². The number of aryl methyl sites for hydroxylation is 1. The van der Waals surface area contributed by atoms with Gasteiger partial charge in [-0.05, 0) is 43.2 Å². The van der Waals surface area contributed by atoms with E-state index in [4.69, 9.17) is 5.73 Å².